The summed E-state index contributed by atoms with van der Waals surface area (Å²) >= 11 is 0. The van der Waals surface area contributed by atoms with E-state index in [4.69, 9.17) is 4.74 Å². The van der Waals surface area contributed by atoms with Gasteiger partial charge in [-0.2, -0.15) is 0 Å². The van der Waals surface area contributed by atoms with Crippen LogP contribution in [0.1, 0.15) is 45.9 Å². The van der Waals surface area contributed by atoms with Crippen LogP contribution in [0.25, 0.3) is 0 Å². The van der Waals surface area contributed by atoms with Gasteiger partial charge >= 0.3 is 0 Å². The molecule has 1 heterocycles. The molecule has 3 heteroatoms. The minimum absolute atomic E-state index is 0.138. The number of aromatic nitrogens is 1. The topological polar surface area (TPSA) is 34.1 Å². The second-order valence-corrected chi connectivity index (χ2v) is 6.17. The van der Waals surface area contributed by atoms with Gasteiger partial charge in [0.2, 0.25) is 0 Å². The van der Waals surface area contributed by atoms with Crippen LogP contribution in [0.3, 0.4) is 0 Å². The predicted octanol–water partition coefficient (Wildman–Crippen LogP) is 3.14. The Morgan fingerprint density at radius 1 is 1.28 bits per heavy atom. The maximum absolute atomic E-state index is 5.56. The quantitative estimate of drug-likeness (QED) is 0.842. The van der Waals surface area contributed by atoms with E-state index in [1.54, 1.807) is 0 Å². The zero-order chi connectivity index (χ0) is 13.6. The van der Waals surface area contributed by atoms with Crippen LogP contribution in [0.15, 0.2) is 18.3 Å². The monoisotopic (exact) mass is 250 g/mol. The molecule has 0 aromatic carbocycles. The molecule has 0 bridgehead atoms. The Bertz CT molecular complexity index is 339. The van der Waals surface area contributed by atoms with E-state index in [9.17, 15) is 0 Å². The lowest BCUT2D eigenvalue weighted by Gasteiger charge is -2.20. The van der Waals surface area contributed by atoms with E-state index < -0.39 is 0 Å². The molecule has 0 radical (unpaired) electrons. The largest absolute Gasteiger partial charge is 0.375 e. The fourth-order valence-corrected chi connectivity index (χ4v) is 1.41. The molecule has 1 N–H and O–H groups in total. The number of hydrogen-bond acceptors (Lipinski definition) is 3. The van der Waals surface area contributed by atoms with Gasteiger partial charge in [-0.15, -0.1) is 0 Å². The van der Waals surface area contributed by atoms with Crippen molar-refractivity contribution in [3.05, 3.63) is 29.6 Å². The van der Waals surface area contributed by atoms with Crippen molar-refractivity contribution in [2.24, 2.45) is 5.92 Å². The molecular weight excluding hydrogens is 224 g/mol. The molecule has 0 atom stereocenters. The van der Waals surface area contributed by atoms with Crippen molar-refractivity contribution in [3.63, 3.8) is 0 Å². The van der Waals surface area contributed by atoms with E-state index in [-0.39, 0.29) is 5.54 Å². The van der Waals surface area contributed by atoms with E-state index in [0.717, 1.165) is 18.8 Å². The Kier molecular flexibility index (Phi) is 5.76. The Balaban J connectivity index is 2.38. The highest BCUT2D eigenvalue weighted by Gasteiger charge is 2.08. The number of hydrogen-bond donors (Lipinski definition) is 1. The highest BCUT2D eigenvalue weighted by molar-refractivity contribution is 5.13. The lowest BCUT2D eigenvalue weighted by molar-refractivity contribution is 0.0948. The molecule has 3 nitrogen and oxygen atoms in total. The second-order valence-electron chi connectivity index (χ2n) is 6.17. The average Bonchev–Trinajstić information content (AvgIpc) is 2.26. The number of pyridine rings is 1. The normalized spacial score (nSPS) is 12.1. The lowest BCUT2D eigenvalue weighted by Crippen LogP contribution is -2.35. The summed E-state index contributed by atoms with van der Waals surface area (Å²) in [7, 11) is 0. The van der Waals surface area contributed by atoms with Crippen LogP contribution in [-0.4, -0.2) is 17.1 Å². The fourth-order valence-electron chi connectivity index (χ4n) is 1.41. The standard InChI is InChI=1S/C15H26N2O/c1-12(2)10-18-11-14-7-6-13(8-16-14)9-17-15(3,4)5/h6-8,12,17H,9-11H2,1-5H3. The molecule has 18 heavy (non-hydrogen) atoms. The smallest absolute Gasteiger partial charge is 0.0887 e. The van der Waals surface area contributed by atoms with Crippen molar-refractivity contribution >= 4 is 0 Å². The Morgan fingerprint density at radius 3 is 2.50 bits per heavy atom. The van der Waals surface area contributed by atoms with Crippen LogP contribution >= 0.6 is 0 Å². The molecule has 0 saturated heterocycles. The summed E-state index contributed by atoms with van der Waals surface area (Å²) in [6, 6.07) is 4.15. The minimum atomic E-state index is 0.138. The van der Waals surface area contributed by atoms with Gasteiger partial charge in [-0.05, 0) is 38.3 Å². The maximum Gasteiger partial charge on any atom is 0.0887 e. The van der Waals surface area contributed by atoms with Crippen LogP contribution in [0, 0.1) is 5.92 Å². The highest BCUT2D eigenvalue weighted by Crippen LogP contribution is 2.06. The van der Waals surface area contributed by atoms with Crippen molar-refractivity contribution in [3.8, 4) is 0 Å². The number of nitrogens with one attached hydrogen (secondary N) is 1. The summed E-state index contributed by atoms with van der Waals surface area (Å²) in [6.45, 7) is 13.0. The molecule has 1 aromatic heterocycles. The van der Waals surface area contributed by atoms with Crippen LogP contribution in [-0.2, 0) is 17.9 Å². The van der Waals surface area contributed by atoms with Gasteiger partial charge < -0.3 is 10.1 Å². The first-order valence-electron chi connectivity index (χ1n) is 6.63. The Labute approximate surface area is 111 Å². The molecule has 0 amide bonds. The summed E-state index contributed by atoms with van der Waals surface area (Å²) in [5.41, 5.74) is 2.34. The fraction of sp³-hybridized carbons (Fsp3) is 0.667. The van der Waals surface area contributed by atoms with Gasteiger partial charge in [0, 0.05) is 24.9 Å². The molecule has 0 unspecified atom stereocenters. The number of nitrogens with zero attached hydrogens (tertiary/aromatic N) is 1. The van der Waals surface area contributed by atoms with Gasteiger partial charge in [-0.1, -0.05) is 19.9 Å². The zero-order valence-corrected chi connectivity index (χ0v) is 12.3. The lowest BCUT2D eigenvalue weighted by atomic mass is 10.1. The number of ether oxygens (including phenoxy) is 1. The first kappa shape index (κ1) is 15.1. The minimum Gasteiger partial charge on any atom is -0.375 e. The van der Waals surface area contributed by atoms with Gasteiger partial charge in [-0.3, -0.25) is 4.98 Å². The first-order valence-corrected chi connectivity index (χ1v) is 6.63. The third-order valence-corrected chi connectivity index (χ3v) is 2.41. The molecule has 0 aliphatic heterocycles. The molecule has 0 fully saturated rings. The van der Waals surface area contributed by atoms with Crippen molar-refractivity contribution < 1.29 is 4.74 Å². The average molecular weight is 250 g/mol. The summed E-state index contributed by atoms with van der Waals surface area (Å²) in [5.74, 6) is 0.570. The predicted molar refractivity (Wildman–Crippen MR) is 75.3 cm³/mol. The van der Waals surface area contributed by atoms with Crippen LogP contribution in [0.4, 0.5) is 0 Å². The van der Waals surface area contributed by atoms with E-state index in [2.05, 4.69) is 51.0 Å². The van der Waals surface area contributed by atoms with Gasteiger partial charge in [0.1, 0.15) is 0 Å². The van der Waals surface area contributed by atoms with E-state index in [1.807, 2.05) is 12.3 Å². The molecular formula is C15H26N2O. The van der Waals surface area contributed by atoms with Gasteiger partial charge in [0.05, 0.1) is 12.3 Å². The second kappa shape index (κ2) is 6.86. The summed E-state index contributed by atoms with van der Waals surface area (Å²) in [4.78, 5) is 4.41. The van der Waals surface area contributed by atoms with Crippen molar-refractivity contribution in [2.45, 2.75) is 53.3 Å². The molecule has 0 aliphatic carbocycles. The third-order valence-electron chi connectivity index (χ3n) is 2.41. The zero-order valence-electron chi connectivity index (χ0n) is 12.3. The van der Waals surface area contributed by atoms with Crippen molar-refractivity contribution in [1.82, 2.24) is 10.3 Å². The van der Waals surface area contributed by atoms with Gasteiger partial charge in [-0.25, -0.2) is 0 Å². The first-order chi connectivity index (χ1) is 8.37. The molecule has 1 rings (SSSR count). The Hall–Kier alpha value is -0.930. The van der Waals surface area contributed by atoms with Crippen LogP contribution in [0.5, 0.6) is 0 Å². The van der Waals surface area contributed by atoms with Crippen molar-refractivity contribution in [1.29, 1.82) is 0 Å². The van der Waals surface area contributed by atoms with Gasteiger partial charge in [0.25, 0.3) is 0 Å². The third kappa shape index (κ3) is 6.72. The SMILES string of the molecule is CC(C)COCc1ccc(CNC(C)(C)C)cn1. The summed E-state index contributed by atoms with van der Waals surface area (Å²) < 4.78 is 5.56. The summed E-state index contributed by atoms with van der Waals surface area (Å²) in [5, 5.41) is 3.44. The highest BCUT2D eigenvalue weighted by atomic mass is 16.5. The van der Waals surface area contributed by atoms with E-state index in [1.165, 1.54) is 5.56 Å². The van der Waals surface area contributed by atoms with Crippen LogP contribution < -0.4 is 5.32 Å². The van der Waals surface area contributed by atoms with E-state index >= 15 is 0 Å². The summed E-state index contributed by atoms with van der Waals surface area (Å²) in [6.07, 6.45) is 1.92. The molecule has 0 saturated carbocycles. The maximum atomic E-state index is 5.56. The molecule has 0 spiro atoms. The molecule has 102 valence electrons. The molecule has 1 aromatic rings. The van der Waals surface area contributed by atoms with E-state index in [0.29, 0.717) is 12.5 Å². The molecule has 0 aliphatic rings. The van der Waals surface area contributed by atoms with Crippen molar-refractivity contribution in [2.75, 3.05) is 6.61 Å². The number of rotatable bonds is 6. The Morgan fingerprint density at radius 2 is 2.00 bits per heavy atom. The van der Waals surface area contributed by atoms with Crippen LogP contribution in [0.2, 0.25) is 0 Å². The van der Waals surface area contributed by atoms with Gasteiger partial charge in [0.15, 0.2) is 0 Å².